The summed E-state index contributed by atoms with van der Waals surface area (Å²) in [6, 6.07) is 1.92. The zero-order chi connectivity index (χ0) is 18.1. The van der Waals surface area contributed by atoms with Crippen LogP contribution in [0, 0.1) is 29.4 Å². The predicted octanol–water partition coefficient (Wildman–Crippen LogP) is 3.44. The van der Waals surface area contributed by atoms with Gasteiger partial charge in [0.05, 0.1) is 11.4 Å². The minimum Gasteiger partial charge on any atom is -0.327 e. The number of halogens is 3. The molecule has 0 aliphatic heterocycles. The maximum Gasteiger partial charge on any atom is 0.227 e. The van der Waals surface area contributed by atoms with Crippen LogP contribution in [-0.4, -0.2) is 17.9 Å². The van der Waals surface area contributed by atoms with Gasteiger partial charge < -0.3 is 16.4 Å². The van der Waals surface area contributed by atoms with Crippen molar-refractivity contribution in [1.29, 1.82) is 0 Å². The van der Waals surface area contributed by atoms with Crippen molar-refractivity contribution in [3.63, 3.8) is 0 Å². The second kappa shape index (κ2) is 8.31. The van der Waals surface area contributed by atoms with E-state index < -0.39 is 17.5 Å². The molecule has 0 saturated heterocycles. The Kier molecular flexibility index (Phi) is 6.58. The molecule has 4 N–H and O–H groups in total. The lowest BCUT2D eigenvalue weighted by molar-refractivity contribution is -0.122. The van der Waals surface area contributed by atoms with E-state index in [1.54, 1.807) is 0 Å². The van der Waals surface area contributed by atoms with Gasteiger partial charge in [-0.3, -0.25) is 9.59 Å². The van der Waals surface area contributed by atoms with Gasteiger partial charge in [-0.05, 0) is 37.5 Å². The van der Waals surface area contributed by atoms with E-state index in [4.69, 9.17) is 5.73 Å². The molecule has 0 radical (unpaired) electrons. The van der Waals surface area contributed by atoms with Crippen molar-refractivity contribution in [1.82, 2.24) is 0 Å². The van der Waals surface area contributed by atoms with Crippen LogP contribution >= 0.6 is 12.4 Å². The standard InChI is InChI=1S/C18H23F2N3O2.ClH/c1-9(24)22-15-7-13(19)14(20)8-16(15)23-18(25)12-5-10-3-2-4-11(6-12)17(10)21;/h7-8,10-12,17H,2-6,21H2,1H3,(H,22,24)(H,23,25);1H. The molecule has 2 saturated carbocycles. The van der Waals surface area contributed by atoms with E-state index in [1.165, 1.54) is 6.92 Å². The highest BCUT2D eigenvalue weighted by molar-refractivity contribution is 5.99. The number of fused-ring (bicyclic) bond motifs is 2. The normalized spacial score (nSPS) is 27.2. The number of benzene rings is 1. The van der Waals surface area contributed by atoms with Gasteiger partial charge in [0.1, 0.15) is 0 Å². The van der Waals surface area contributed by atoms with Crippen LogP contribution < -0.4 is 16.4 Å². The van der Waals surface area contributed by atoms with Gasteiger partial charge in [0, 0.05) is 31.0 Å². The first-order valence-corrected chi connectivity index (χ1v) is 8.68. The SMILES string of the molecule is CC(=O)Nc1cc(F)c(F)cc1NC(=O)C1CC2CCCC(C1)C2N.Cl. The fraction of sp³-hybridized carbons (Fsp3) is 0.556. The monoisotopic (exact) mass is 387 g/mol. The van der Waals surface area contributed by atoms with Crippen LogP contribution in [-0.2, 0) is 9.59 Å². The fourth-order valence-corrected chi connectivity index (χ4v) is 4.18. The number of hydrogen-bond acceptors (Lipinski definition) is 3. The van der Waals surface area contributed by atoms with Gasteiger partial charge >= 0.3 is 0 Å². The lowest BCUT2D eigenvalue weighted by Crippen LogP contribution is -2.48. The molecule has 144 valence electrons. The quantitative estimate of drug-likeness (QED) is 0.742. The molecule has 2 unspecified atom stereocenters. The molecule has 0 aromatic heterocycles. The van der Waals surface area contributed by atoms with E-state index in [0.717, 1.165) is 31.4 Å². The first kappa shape index (κ1) is 20.6. The van der Waals surface area contributed by atoms with Crippen molar-refractivity contribution in [2.75, 3.05) is 10.6 Å². The Labute approximate surface area is 157 Å². The second-order valence-corrected chi connectivity index (χ2v) is 7.18. The summed E-state index contributed by atoms with van der Waals surface area (Å²) in [6.45, 7) is 1.26. The van der Waals surface area contributed by atoms with Crippen LogP contribution in [0.25, 0.3) is 0 Å². The average molecular weight is 388 g/mol. The second-order valence-electron chi connectivity index (χ2n) is 7.18. The lowest BCUT2D eigenvalue weighted by atomic mass is 9.65. The minimum atomic E-state index is -1.08. The molecule has 2 atom stereocenters. The topological polar surface area (TPSA) is 84.2 Å². The largest absolute Gasteiger partial charge is 0.327 e. The van der Waals surface area contributed by atoms with Crippen molar-refractivity contribution >= 4 is 35.6 Å². The Morgan fingerprint density at radius 2 is 1.54 bits per heavy atom. The van der Waals surface area contributed by atoms with E-state index in [-0.39, 0.29) is 41.6 Å². The van der Waals surface area contributed by atoms with Crippen LogP contribution in [0.1, 0.15) is 39.0 Å². The molecular weight excluding hydrogens is 364 g/mol. The van der Waals surface area contributed by atoms with Crippen LogP contribution in [0.3, 0.4) is 0 Å². The third-order valence-corrected chi connectivity index (χ3v) is 5.41. The molecule has 8 heteroatoms. The molecule has 2 bridgehead atoms. The molecule has 0 heterocycles. The van der Waals surface area contributed by atoms with Crippen molar-refractivity contribution in [2.45, 2.75) is 45.1 Å². The molecule has 2 aliphatic carbocycles. The highest BCUT2D eigenvalue weighted by Gasteiger charge is 2.40. The van der Waals surface area contributed by atoms with Crippen LogP contribution in [0.5, 0.6) is 0 Å². The van der Waals surface area contributed by atoms with Gasteiger partial charge in [-0.25, -0.2) is 8.78 Å². The number of amides is 2. The van der Waals surface area contributed by atoms with Crippen molar-refractivity contribution in [3.8, 4) is 0 Å². The minimum absolute atomic E-state index is 0. The Morgan fingerprint density at radius 1 is 1.04 bits per heavy atom. The Bertz CT molecular complexity index is 687. The average Bonchev–Trinajstić information content (AvgIpc) is 2.51. The number of hydrogen-bond donors (Lipinski definition) is 3. The Hall–Kier alpha value is -1.73. The summed E-state index contributed by atoms with van der Waals surface area (Å²) in [5.41, 5.74) is 6.36. The molecule has 2 aliphatic rings. The number of carbonyl (C=O) groups excluding carboxylic acids is 2. The third-order valence-electron chi connectivity index (χ3n) is 5.41. The summed E-state index contributed by atoms with van der Waals surface area (Å²) < 4.78 is 27.0. The smallest absolute Gasteiger partial charge is 0.227 e. The van der Waals surface area contributed by atoms with E-state index in [0.29, 0.717) is 24.7 Å². The van der Waals surface area contributed by atoms with E-state index in [2.05, 4.69) is 10.6 Å². The molecular formula is C18H24ClF2N3O2. The highest BCUT2D eigenvalue weighted by atomic mass is 35.5. The van der Waals surface area contributed by atoms with Crippen molar-refractivity contribution in [3.05, 3.63) is 23.8 Å². The highest BCUT2D eigenvalue weighted by Crippen LogP contribution is 2.42. The molecule has 2 amide bonds. The molecule has 3 rings (SSSR count). The maximum atomic E-state index is 13.6. The molecule has 2 fully saturated rings. The van der Waals surface area contributed by atoms with Gasteiger partial charge in [0.2, 0.25) is 11.8 Å². The number of nitrogens with two attached hydrogens (primary N) is 1. The first-order chi connectivity index (χ1) is 11.8. The van der Waals surface area contributed by atoms with E-state index in [9.17, 15) is 18.4 Å². The van der Waals surface area contributed by atoms with E-state index in [1.807, 2.05) is 0 Å². The summed E-state index contributed by atoms with van der Waals surface area (Å²) in [4.78, 5) is 23.9. The fourth-order valence-electron chi connectivity index (χ4n) is 4.18. The summed E-state index contributed by atoms with van der Waals surface area (Å²) in [6.07, 6.45) is 4.63. The van der Waals surface area contributed by atoms with Gasteiger partial charge in [-0.15, -0.1) is 12.4 Å². The molecule has 26 heavy (non-hydrogen) atoms. The van der Waals surface area contributed by atoms with Gasteiger partial charge in [-0.1, -0.05) is 6.42 Å². The number of rotatable bonds is 3. The first-order valence-electron chi connectivity index (χ1n) is 8.68. The number of carbonyl (C=O) groups is 2. The Morgan fingerprint density at radius 3 is 2.04 bits per heavy atom. The summed E-state index contributed by atoms with van der Waals surface area (Å²) >= 11 is 0. The van der Waals surface area contributed by atoms with Crippen LogP contribution in [0.2, 0.25) is 0 Å². The predicted molar refractivity (Wildman–Crippen MR) is 98.1 cm³/mol. The van der Waals surface area contributed by atoms with Crippen LogP contribution in [0.15, 0.2) is 12.1 Å². The zero-order valence-electron chi connectivity index (χ0n) is 14.6. The third kappa shape index (κ3) is 4.32. The molecule has 0 spiro atoms. The zero-order valence-corrected chi connectivity index (χ0v) is 15.4. The summed E-state index contributed by atoms with van der Waals surface area (Å²) in [5, 5.41) is 5.07. The van der Waals surface area contributed by atoms with Gasteiger partial charge in [0.25, 0.3) is 0 Å². The summed E-state index contributed by atoms with van der Waals surface area (Å²) in [7, 11) is 0. The molecule has 5 nitrogen and oxygen atoms in total. The Balaban J connectivity index is 0.00000243. The molecule has 1 aromatic carbocycles. The summed E-state index contributed by atoms with van der Waals surface area (Å²) in [5.74, 6) is -2.35. The lowest BCUT2D eigenvalue weighted by Gasteiger charge is -2.43. The van der Waals surface area contributed by atoms with Gasteiger partial charge in [0.15, 0.2) is 11.6 Å². The van der Waals surface area contributed by atoms with Crippen LogP contribution in [0.4, 0.5) is 20.2 Å². The molecule has 1 aromatic rings. The number of nitrogens with one attached hydrogen (secondary N) is 2. The van der Waals surface area contributed by atoms with Crippen molar-refractivity contribution in [2.24, 2.45) is 23.5 Å². The van der Waals surface area contributed by atoms with Crippen molar-refractivity contribution < 1.29 is 18.4 Å². The number of anilines is 2. The van der Waals surface area contributed by atoms with E-state index >= 15 is 0 Å². The van der Waals surface area contributed by atoms with Gasteiger partial charge in [-0.2, -0.15) is 0 Å². The maximum absolute atomic E-state index is 13.6.